The van der Waals surface area contributed by atoms with E-state index in [1.54, 1.807) is 0 Å². The van der Waals surface area contributed by atoms with Gasteiger partial charge in [0.2, 0.25) is 0 Å². The molecule has 0 aliphatic rings. The van der Waals surface area contributed by atoms with E-state index in [0.717, 1.165) is 12.1 Å². The fraction of sp³-hybridized carbons (Fsp3) is 0.571. The van der Waals surface area contributed by atoms with E-state index in [1.165, 1.54) is 0 Å². The summed E-state index contributed by atoms with van der Waals surface area (Å²) >= 11 is 0. The maximum absolute atomic E-state index is 8.54. The molecule has 2 N–H and O–H groups in total. The summed E-state index contributed by atoms with van der Waals surface area (Å²) in [5.41, 5.74) is 0.799. The van der Waals surface area contributed by atoms with Crippen LogP contribution in [0.2, 0.25) is 0 Å². The Hall–Kier alpha value is -1.01. The molecule has 0 spiro atoms. The molecule has 0 saturated heterocycles. The van der Waals surface area contributed by atoms with Crippen LogP contribution in [0.1, 0.15) is 0 Å². The van der Waals surface area contributed by atoms with Gasteiger partial charge in [-0.1, -0.05) is 0 Å². The van der Waals surface area contributed by atoms with E-state index < -0.39 is 0 Å². The molecule has 0 aromatic heterocycles. The van der Waals surface area contributed by atoms with Crippen molar-refractivity contribution >= 4 is 0 Å². The van der Waals surface area contributed by atoms with Crippen LogP contribution >= 0.6 is 0 Å². The minimum absolute atomic E-state index is 0.759. The number of quaternary nitrogens is 1. The third-order valence-electron chi connectivity index (χ3n) is 0.982. The number of nitriles is 1. The molecular formula is C7H14N3+. The normalized spacial score (nSPS) is 10.8. The minimum atomic E-state index is 0.759. The van der Waals surface area contributed by atoms with E-state index in [2.05, 4.69) is 6.07 Å². The van der Waals surface area contributed by atoms with Gasteiger partial charge in [0.15, 0.2) is 0 Å². The Morgan fingerprint density at radius 2 is 2.30 bits per heavy atom. The van der Waals surface area contributed by atoms with Gasteiger partial charge < -0.3 is 10.2 Å². The molecule has 0 heterocycles. The van der Waals surface area contributed by atoms with Gasteiger partial charge in [-0.3, -0.25) is 0 Å². The average molecular weight is 140 g/mol. The molecule has 10 heavy (non-hydrogen) atoms. The second-order valence-corrected chi connectivity index (χ2v) is 2.34. The molecule has 3 nitrogen and oxygen atoms in total. The Labute approximate surface area is 61.9 Å². The zero-order valence-electron chi connectivity index (χ0n) is 6.76. The highest BCUT2D eigenvalue weighted by Crippen LogP contribution is 1.87. The number of hydrogen-bond acceptors (Lipinski definition) is 2. The molecule has 0 aromatic rings. The molecule has 56 valence electrons. The second-order valence-electron chi connectivity index (χ2n) is 2.34. The topological polar surface area (TPSA) is 43.6 Å². The van der Waals surface area contributed by atoms with Crippen LogP contribution in [-0.4, -0.2) is 32.6 Å². The van der Waals surface area contributed by atoms with Crippen molar-refractivity contribution in [3.05, 3.63) is 11.8 Å². The summed E-state index contributed by atoms with van der Waals surface area (Å²) in [6.07, 6.45) is 1.83. The molecule has 0 bridgehead atoms. The Morgan fingerprint density at radius 3 is 2.60 bits per heavy atom. The molecule has 0 aliphatic heterocycles. The Bertz CT molecular complexity index is 153. The van der Waals surface area contributed by atoms with Crippen LogP contribution in [0.15, 0.2) is 11.8 Å². The van der Waals surface area contributed by atoms with Gasteiger partial charge in [0, 0.05) is 20.3 Å². The van der Waals surface area contributed by atoms with Crippen molar-refractivity contribution < 1.29 is 5.32 Å². The molecule has 0 rings (SSSR count). The third kappa shape index (κ3) is 3.93. The summed E-state index contributed by atoms with van der Waals surface area (Å²) in [6, 6.07) is 2.12. The van der Waals surface area contributed by atoms with Gasteiger partial charge in [0.1, 0.15) is 12.6 Å². The van der Waals surface area contributed by atoms with Gasteiger partial charge >= 0.3 is 0 Å². The molecule has 0 aliphatic carbocycles. The summed E-state index contributed by atoms with van der Waals surface area (Å²) in [7, 11) is 5.76. The van der Waals surface area contributed by atoms with Crippen molar-refractivity contribution in [2.24, 2.45) is 0 Å². The van der Waals surface area contributed by atoms with Crippen molar-refractivity contribution in [2.75, 3.05) is 27.7 Å². The Morgan fingerprint density at radius 1 is 1.70 bits per heavy atom. The summed E-state index contributed by atoms with van der Waals surface area (Å²) in [5.74, 6) is 0. The molecule has 0 aromatic carbocycles. The first-order chi connectivity index (χ1) is 4.70. The molecule has 0 saturated carbocycles. The SMILES string of the molecule is C[NH2+]C/C(C#N)=C/N(C)C. The van der Waals surface area contributed by atoms with E-state index in [-0.39, 0.29) is 0 Å². The van der Waals surface area contributed by atoms with E-state index in [1.807, 2.05) is 37.6 Å². The summed E-state index contributed by atoms with van der Waals surface area (Å²) in [5, 5.41) is 10.5. The fourth-order valence-electron chi connectivity index (χ4n) is 0.659. The van der Waals surface area contributed by atoms with Crippen molar-refractivity contribution in [3.63, 3.8) is 0 Å². The largest absolute Gasteiger partial charge is 0.383 e. The van der Waals surface area contributed by atoms with Crippen LogP contribution in [0.3, 0.4) is 0 Å². The molecule has 0 fully saturated rings. The van der Waals surface area contributed by atoms with Crippen molar-refractivity contribution in [2.45, 2.75) is 0 Å². The first-order valence-corrected chi connectivity index (χ1v) is 3.25. The van der Waals surface area contributed by atoms with Crippen LogP contribution < -0.4 is 5.32 Å². The van der Waals surface area contributed by atoms with Crippen molar-refractivity contribution in [1.82, 2.24) is 4.90 Å². The zero-order chi connectivity index (χ0) is 7.98. The van der Waals surface area contributed by atoms with Gasteiger partial charge in [-0.05, 0) is 0 Å². The lowest BCUT2D eigenvalue weighted by molar-refractivity contribution is -0.618. The smallest absolute Gasteiger partial charge is 0.113 e. The minimum Gasteiger partial charge on any atom is -0.383 e. The number of nitrogens with two attached hydrogens (primary N) is 1. The molecule has 0 amide bonds. The highest BCUT2D eigenvalue weighted by atomic mass is 15.0. The molecular weight excluding hydrogens is 126 g/mol. The summed E-state index contributed by atoms with van der Waals surface area (Å²) < 4.78 is 0. The monoisotopic (exact) mass is 140 g/mol. The quantitative estimate of drug-likeness (QED) is 0.519. The van der Waals surface area contributed by atoms with Crippen LogP contribution in [0.5, 0.6) is 0 Å². The predicted molar refractivity (Wildman–Crippen MR) is 40.1 cm³/mol. The predicted octanol–water partition coefficient (Wildman–Crippen LogP) is -0.851. The second kappa shape index (κ2) is 4.83. The standard InChI is InChI=1S/C7H13N3/c1-9-5-7(4-8)6-10(2)3/h6,9H,5H2,1-3H3/p+1/b7-6+. The van der Waals surface area contributed by atoms with Gasteiger partial charge in [-0.25, -0.2) is 0 Å². The summed E-state index contributed by atoms with van der Waals surface area (Å²) in [4.78, 5) is 1.88. The lowest BCUT2D eigenvalue weighted by Gasteiger charge is -2.04. The van der Waals surface area contributed by atoms with E-state index in [9.17, 15) is 0 Å². The van der Waals surface area contributed by atoms with E-state index >= 15 is 0 Å². The summed E-state index contributed by atoms with van der Waals surface area (Å²) in [6.45, 7) is 0.759. The lowest BCUT2D eigenvalue weighted by atomic mass is 10.3. The lowest BCUT2D eigenvalue weighted by Crippen LogP contribution is -2.80. The van der Waals surface area contributed by atoms with Gasteiger partial charge in [-0.15, -0.1) is 0 Å². The fourth-order valence-corrected chi connectivity index (χ4v) is 0.659. The Kier molecular flexibility index (Phi) is 4.34. The van der Waals surface area contributed by atoms with Crippen molar-refractivity contribution in [3.8, 4) is 6.07 Å². The number of likely N-dealkylation sites (N-methyl/N-ethyl adjacent to an activating group) is 1. The molecule has 0 unspecified atom stereocenters. The van der Waals surface area contributed by atoms with Crippen LogP contribution in [0, 0.1) is 11.3 Å². The Balaban J connectivity index is 3.95. The van der Waals surface area contributed by atoms with E-state index in [0.29, 0.717) is 0 Å². The zero-order valence-corrected chi connectivity index (χ0v) is 6.76. The number of nitrogens with zero attached hydrogens (tertiary/aromatic N) is 2. The highest BCUT2D eigenvalue weighted by Gasteiger charge is 1.94. The maximum atomic E-state index is 8.54. The third-order valence-corrected chi connectivity index (χ3v) is 0.982. The number of rotatable bonds is 3. The molecule has 0 atom stereocenters. The van der Waals surface area contributed by atoms with E-state index in [4.69, 9.17) is 5.26 Å². The van der Waals surface area contributed by atoms with Gasteiger partial charge in [0.05, 0.1) is 12.6 Å². The number of hydrogen-bond donors (Lipinski definition) is 1. The van der Waals surface area contributed by atoms with Crippen LogP contribution in [0.25, 0.3) is 0 Å². The van der Waals surface area contributed by atoms with Crippen LogP contribution in [0.4, 0.5) is 0 Å². The maximum Gasteiger partial charge on any atom is 0.113 e. The molecule has 0 radical (unpaired) electrons. The first kappa shape index (κ1) is 8.99. The van der Waals surface area contributed by atoms with Crippen molar-refractivity contribution in [1.29, 1.82) is 5.26 Å². The highest BCUT2D eigenvalue weighted by molar-refractivity contribution is 5.19. The first-order valence-electron chi connectivity index (χ1n) is 3.25. The molecule has 3 heteroatoms. The van der Waals surface area contributed by atoms with Gasteiger partial charge in [0.25, 0.3) is 0 Å². The van der Waals surface area contributed by atoms with Crippen LogP contribution in [-0.2, 0) is 0 Å². The average Bonchev–Trinajstić information content (AvgIpc) is 1.86. The van der Waals surface area contributed by atoms with Gasteiger partial charge in [-0.2, -0.15) is 5.26 Å².